The van der Waals surface area contributed by atoms with Crippen LogP contribution in [0.3, 0.4) is 0 Å². The molecule has 0 saturated carbocycles. The van der Waals surface area contributed by atoms with Gasteiger partial charge in [-0.05, 0) is 59.0 Å². The molecule has 5 rings (SSSR count). The van der Waals surface area contributed by atoms with E-state index in [1.165, 1.54) is 0 Å². The summed E-state index contributed by atoms with van der Waals surface area (Å²) in [6.45, 7) is 4.12. The van der Waals surface area contributed by atoms with Gasteiger partial charge in [0, 0.05) is 47.5 Å². The number of fused-ring (bicyclic) bond motifs is 2. The van der Waals surface area contributed by atoms with E-state index < -0.39 is 0 Å². The fourth-order valence-corrected chi connectivity index (χ4v) is 5.71. The average molecular weight is 500 g/mol. The van der Waals surface area contributed by atoms with Crippen LogP contribution < -0.4 is 5.73 Å². The molecule has 7 nitrogen and oxygen atoms in total. The number of carbonyl (C=O) groups is 1. The Labute approximate surface area is 192 Å². The Kier molecular flexibility index (Phi) is 5.39. The number of imidazole rings is 1. The van der Waals surface area contributed by atoms with E-state index in [1.54, 1.807) is 31.1 Å². The number of rotatable bonds is 5. The summed E-state index contributed by atoms with van der Waals surface area (Å²) >= 11 is 5.26. The summed E-state index contributed by atoms with van der Waals surface area (Å²) in [7, 11) is 0. The minimum absolute atomic E-state index is 0.156. The number of hydrogen-bond donors (Lipinski definition) is 1. The Morgan fingerprint density at radius 2 is 2.26 bits per heavy atom. The van der Waals surface area contributed by atoms with Crippen LogP contribution >= 0.6 is 27.7 Å². The van der Waals surface area contributed by atoms with Crippen molar-refractivity contribution in [3.8, 4) is 0 Å². The third-order valence-electron chi connectivity index (χ3n) is 5.86. The molecule has 4 heterocycles. The number of nitrogen functional groups attached to an aromatic ring is 1. The molecule has 2 N–H and O–H groups in total. The van der Waals surface area contributed by atoms with Gasteiger partial charge >= 0.3 is 0 Å². The van der Waals surface area contributed by atoms with E-state index in [1.807, 2.05) is 23.1 Å². The predicted octanol–water partition coefficient (Wildman–Crippen LogP) is 4.93. The lowest BCUT2D eigenvalue weighted by molar-refractivity contribution is -0.127. The van der Waals surface area contributed by atoms with Crippen LogP contribution in [0.25, 0.3) is 22.0 Å². The van der Waals surface area contributed by atoms with Crippen LogP contribution in [-0.4, -0.2) is 38.4 Å². The number of pyridine rings is 1. The van der Waals surface area contributed by atoms with E-state index in [-0.39, 0.29) is 5.91 Å². The molecule has 1 aliphatic rings. The number of aryl methyl sites for hydroxylation is 1. The van der Waals surface area contributed by atoms with E-state index in [9.17, 15) is 4.79 Å². The molecule has 1 unspecified atom stereocenters. The molecule has 0 bridgehead atoms. The van der Waals surface area contributed by atoms with E-state index in [2.05, 4.69) is 31.5 Å². The van der Waals surface area contributed by atoms with Crippen LogP contribution in [0.15, 0.2) is 55.7 Å². The zero-order valence-corrected chi connectivity index (χ0v) is 19.4. The van der Waals surface area contributed by atoms with Gasteiger partial charge in [-0.15, -0.1) is 0 Å². The number of nitrogens with zero attached hydrogens (tertiary/aromatic N) is 4. The van der Waals surface area contributed by atoms with Crippen molar-refractivity contribution in [3.05, 3.63) is 41.2 Å². The smallest absolute Gasteiger partial charge is 0.219 e. The highest BCUT2D eigenvalue weighted by atomic mass is 79.9. The molecule has 1 saturated heterocycles. The van der Waals surface area contributed by atoms with Crippen LogP contribution in [0.2, 0.25) is 0 Å². The fourth-order valence-electron chi connectivity index (χ4n) is 4.15. The minimum atomic E-state index is 0.156. The molecule has 160 valence electrons. The fraction of sp³-hybridized carbons (Fsp3) is 0.318. The molecule has 0 aliphatic carbocycles. The van der Waals surface area contributed by atoms with Crippen LogP contribution in [0, 0.1) is 5.92 Å². The van der Waals surface area contributed by atoms with Gasteiger partial charge in [-0.1, -0.05) is 11.8 Å². The standard InChI is InChI=1S/C22H22BrN5O2S/c1-13(29)27-7-3-14(12-27)4-8-28-17-2-6-25-21(24)20(17)26-22(28)31-19-11-18-15(5-9-30-18)10-16(19)23/h2,5-6,9-11,14H,3-4,7-8,12H2,1H3,(H2,24,25). The van der Waals surface area contributed by atoms with Crippen molar-refractivity contribution in [1.29, 1.82) is 0 Å². The van der Waals surface area contributed by atoms with Crippen molar-refractivity contribution >= 4 is 61.4 Å². The van der Waals surface area contributed by atoms with E-state index >= 15 is 0 Å². The molecule has 1 amide bonds. The Bertz CT molecular complexity index is 1280. The van der Waals surface area contributed by atoms with Crippen LogP contribution in [0.5, 0.6) is 0 Å². The molecule has 1 fully saturated rings. The number of furan rings is 1. The second-order valence-electron chi connectivity index (χ2n) is 7.86. The minimum Gasteiger partial charge on any atom is -0.464 e. The van der Waals surface area contributed by atoms with Gasteiger partial charge in [-0.3, -0.25) is 4.79 Å². The summed E-state index contributed by atoms with van der Waals surface area (Å²) in [6.07, 6.45) is 5.43. The predicted molar refractivity (Wildman–Crippen MR) is 125 cm³/mol. The highest BCUT2D eigenvalue weighted by Gasteiger charge is 2.25. The number of amides is 1. The second-order valence-corrected chi connectivity index (χ2v) is 9.72. The van der Waals surface area contributed by atoms with Crippen LogP contribution in [0.4, 0.5) is 5.82 Å². The van der Waals surface area contributed by atoms with Gasteiger partial charge in [0.05, 0.1) is 11.8 Å². The first-order chi connectivity index (χ1) is 15.0. The first-order valence-electron chi connectivity index (χ1n) is 10.2. The zero-order chi connectivity index (χ0) is 21.5. The van der Waals surface area contributed by atoms with Gasteiger partial charge in [-0.25, -0.2) is 9.97 Å². The maximum atomic E-state index is 11.7. The largest absolute Gasteiger partial charge is 0.464 e. The van der Waals surface area contributed by atoms with Crippen molar-refractivity contribution < 1.29 is 9.21 Å². The Balaban J connectivity index is 1.46. The number of halogens is 1. The molecule has 4 aromatic rings. The molecule has 1 aromatic carbocycles. The topological polar surface area (TPSA) is 90.2 Å². The third kappa shape index (κ3) is 3.92. The van der Waals surface area contributed by atoms with Gasteiger partial charge in [0.2, 0.25) is 5.91 Å². The quantitative estimate of drug-likeness (QED) is 0.418. The van der Waals surface area contributed by atoms with Gasteiger partial charge in [0.25, 0.3) is 0 Å². The Morgan fingerprint density at radius 1 is 1.39 bits per heavy atom. The molecule has 0 spiro atoms. The van der Waals surface area contributed by atoms with Crippen LogP contribution in [-0.2, 0) is 11.3 Å². The average Bonchev–Trinajstić information content (AvgIpc) is 3.46. The summed E-state index contributed by atoms with van der Waals surface area (Å²) in [5, 5.41) is 1.91. The summed E-state index contributed by atoms with van der Waals surface area (Å²) in [5.74, 6) is 1.08. The Morgan fingerprint density at radius 3 is 3.06 bits per heavy atom. The number of hydrogen-bond acceptors (Lipinski definition) is 6. The second kappa shape index (κ2) is 8.20. The highest BCUT2D eigenvalue weighted by Crippen LogP contribution is 2.38. The number of aromatic nitrogens is 3. The molecule has 1 atom stereocenters. The van der Waals surface area contributed by atoms with Gasteiger partial charge in [0.1, 0.15) is 11.1 Å². The number of carbonyl (C=O) groups excluding carboxylic acids is 1. The summed E-state index contributed by atoms with van der Waals surface area (Å²) in [4.78, 5) is 23.7. The number of likely N-dealkylation sites (tertiary alicyclic amines) is 1. The molecule has 9 heteroatoms. The molecule has 31 heavy (non-hydrogen) atoms. The van der Waals surface area contributed by atoms with Crippen molar-refractivity contribution in [2.24, 2.45) is 5.92 Å². The Hall–Kier alpha value is -2.52. The number of benzene rings is 1. The lowest BCUT2D eigenvalue weighted by Crippen LogP contribution is -2.25. The maximum absolute atomic E-state index is 11.7. The number of nitrogens with two attached hydrogens (primary N) is 1. The molecule has 0 radical (unpaired) electrons. The molecular weight excluding hydrogens is 478 g/mol. The highest BCUT2D eigenvalue weighted by molar-refractivity contribution is 9.10. The van der Waals surface area contributed by atoms with Crippen molar-refractivity contribution in [2.75, 3.05) is 18.8 Å². The van der Waals surface area contributed by atoms with Crippen LogP contribution in [0.1, 0.15) is 19.8 Å². The van der Waals surface area contributed by atoms with Gasteiger partial charge in [0.15, 0.2) is 11.0 Å². The van der Waals surface area contributed by atoms with E-state index in [0.717, 1.165) is 69.0 Å². The normalized spacial score (nSPS) is 16.6. The summed E-state index contributed by atoms with van der Waals surface area (Å²) in [5.41, 5.74) is 8.66. The summed E-state index contributed by atoms with van der Waals surface area (Å²) < 4.78 is 8.79. The summed E-state index contributed by atoms with van der Waals surface area (Å²) in [6, 6.07) is 7.99. The maximum Gasteiger partial charge on any atom is 0.219 e. The lowest BCUT2D eigenvalue weighted by Gasteiger charge is -2.15. The molecular formula is C22H22BrN5O2S. The van der Waals surface area contributed by atoms with E-state index in [4.69, 9.17) is 15.1 Å². The monoisotopic (exact) mass is 499 g/mol. The first kappa shape index (κ1) is 20.4. The SMILES string of the molecule is CC(=O)N1CCC(CCn2c(Sc3cc4occc4cc3Br)nc3c(N)nccc32)C1. The first-order valence-corrected chi connectivity index (χ1v) is 11.8. The van der Waals surface area contributed by atoms with Crippen molar-refractivity contribution in [1.82, 2.24) is 19.4 Å². The molecule has 3 aromatic heterocycles. The third-order valence-corrected chi connectivity index (χ3v) is 7.83. The van der Waals surface area contributed by atoms with Crippen molar-refractivity contribution in [3.63, 3.8) is 0 Å². The van der Waals surface area contributed by atoms with Gasteiger partial charge in [-0.2, -0.15) is 0 Å². The van der Waals surface area contributed by atoms with Gasteiger partial charge < -0.3 is 19.6 Å². The zero-order valence-electron chi connectivity index (χ0n) is 17.0. The van der Waals surface area contributed by atoms with Crippen molar-refractivity contribution in [2.45, 2.75) is 36.4 Å². The lowest BCUT2D eigenvalue weighted by atomic mass is 10.1. The number of anilines is 1. The van der Waals surface area contributed by atoms with E-state index in [0.29, 0.717) is 11.7 Å². The molecule has 1 aliphatic heterocycles.